The number of aryl methyl sites for hydroxylation is 1. The molecular weight excluding hydrogens is 190 g/mol. The van der Waals surface area contributed by atoms with E-state index in [-0.39, 0.29) is 11.8 Å². The van der Waals surface area contributed by atoms with E-state index < -0.39 is 0 Å². The second-order valence-electron chi connectivity index (χ2n) is 3.81. The minimum Gasteiger partial charge on any atom is -0.507 e. The summed E-state index contributed by atoms with van der Waals surface area (Å²) in [6, 6.07) is 3.29. The number of nitrogens with two attached hydrogens (primary N) is 1. The standard InChI is InChI=1S/C12H17NO2/c1-3-4-11(13)10-6-8(2)5-9(7-14)12(10)15/h5-7,11,15H,3-4,13H2,1-2H3. The Morgan fingerprint density at radius 1 is 1.53 bits per heavy atom. The molecule has 3 N–H and O–H groups in total. The van der Waals surface area contributed by atoms with E-state index in [9.17, 15) is 9.90 Å². The second kappa shape index (κ2) is 4.94. The molecule has 0 aliphatic heterocycles. The van der Waals surface area contributed by atoms with E-state index in [0.29, 0.717) is 17.4 Å². The third-order valence-corrected chi connectivity index (χ3v) is 2.44. The van der Waals surface area contributed by atoms with Crippen LogP contribution in [0.1, 0.15) is 47.3 Å². The van der Waals surface area contributed by atoms with Crippen molar-refractivity contribution in [2.45, 2.75) is 32.7 Å². The van der Waals surface area contributed by atoms with Gasteiger partial charge in [-0.2, -0.15) is 0 Å². The summed E-state index contributed by atoms with van der Waals surface area (Å²) in [7, 11) is 0. The summed E-state index contributed by atoms with van der Waals surface area (Å²) in [4.78, 5) is 10.7. The van der Waals surface area contributed by atoms with Crippen molar-refractivity contribution in [1.82, 2.24) is 0 Å². The van der Waals surface area contributed by atoms with Crippen molar-refractivity contribution in [2.24, 2.45) is 5.73 Å². The zero-order valence-electron chi connectivity index (χ0n) is 9.16. The molecule has 0 aromatic heterocycles. The highest BCUT2D eigenvalue weighted by Crippen LogP contribution is 2.29. The van der Waals surface area contributed by atoms with Gasteiger partial charge in [0, 0.05) is 11.6 Å². The summed E-state index contributed by atoms with van der Waals surface area (Å²) < 4.78 is 0. The lowest BCUT2D eigenvalue weighted by atomic mass is 9.97. The molecule has 82 valence electrons. The smallest absolute Gasteiger partial charge is 0.153 e. The van der Waals surface area contributed by atoms with Gasteiger partial charge in [0.15, 0.2) is 6.29 Å². The molecule has 1 unspecified atom stereocenters. The number of aromatic hydroxyl groups is 1. The Morgan fingerprint density at radius 3 is 2.73 bits per heavy atom. The highest BCUT2D eigenvalue weighted by atomic mass is 16.3. The van der Waals surface area contributed by atoms with Crippen LogP contribution in [0.5, 0.6) is 5.75 Å². The monoisotopic (exact) mass is 207 g/mol. The summed E-state index contributed by atoms with van der Waals surface area (Å²) in [5.74, 6) is 0.0246. The number of rotatable bonds is 4. The molecule has 0 amide bonds. The first-order valence-corrected chi connectivity index (χ1v) is 5.14. The molecule has 0 aliphatic carbocycles. The van der Waals surface area contributed by atoms with Crippen LogP contribution < -0.4 is 5.73 Å². The van der Waals surface area contributed by atoms with E-state index in [2.05, 4.69) is 0 Å². The van der Waals surface area contributed by atoms with Gasteiger partial charge < -0.3 is 10.8 Å². The van der Waals surface area contributed by atoms with E-state index in [0.717, 1.165) is 18.4 Å². The lowest BCUT2D eigenvalue weighted by Crippen LogP contribution is -2.11. The lowest BCUT2D eigenvalue weighted by molar-refractivity contribution is 0.112. The predicted molar refractivity (Wildman–Crippen MR) is 60.1 cm³/mol. The molecule has 0 spiro atoms. The van der Waals surface area contributed by atoms with E-state index in [4.69, 9.17) is 5.73 Å². The van der Waals surface area contributed by atoms with Crippen LogP contribution in [0.4, 0.5) is 0 Å². The largest absolute Gasteiger partial charge is 0.507 e. The van der Waals surface area contributed by atoms with Gasteiger partial charge in [-0.25, -0.2) is 0 Å². The third-order valence-electron chi connectivity index (χ3n) is 2.44. The molecule has 0 aliphatic rings. The fourth-order valence-corrected chi connectivity index (χ4v) is 1.67. The Hall–Kier alpha value is -1.35. The van der Waals surface area contributed by atoms with Crippen molar-refractivity contribution in [3.63, 3.8) is 0 Å². The number of carbonyl (C=O) groups is 1. The zero-order valence-corrected chi connectivity index (χ0v) is 9.16. The van der Waals surface area contributed by atoms with Gasteiger partial charge in [0.05, 0.1) is 5.56 Å². The molecule has 0 saturated heterocycles. The summed E-state index contributed by atoms with van der Waals surface area (Å²) in [5.41, 5.74) is 7.85. The van der Waals surface area contributed by atoms with Gasteiger partial charge in [0.25, 0.3) is 0 Å². The molecule has 1 atom stereocenters. The fourth-order valence-electron chi connectivity index (χ4n) is 1.67. The van der Waals surface area contributed by atoms with Crippen LogP contribution in [0.2, 0.25) is 0 Å². The Bertz CT molecular complexity index is 361. The Kier molecular flexibility index (Phi) is 3.86. The molecule has 1 aromatic carbocycles. The van der Waals surface area contributed by atoms with Crippen LogP contribution in [0.3, 0.4) is 0 Å². The summed E-state index contributed by atoms with van der Waals surface area (Å²) >= 11 is 0. The highest BCUT2D eigenvalue weighted by molar-refractivity contribution is 5.80. The summed E-state index contributed by atoms with van der Waals surface area (Å²) in [5, 5.41) is 9.80. The van der Waals surface area contributed by atoms with Crippen molar-refractivity contribution >= 4 is 6.29 Å². The van der Waals surface area contributed by atoms with Gasteiger partial charge >= 0.3 is 0 Å². The SMILES string of the molecule is CCCC(N)c1cc(C)cc(C=O)c1O. The minimum absolute atomic E-state index is 0.0246. The highest BCUT2D eigenvalue weighted by Gasteiger charge is 2.13. The topological polar surface area (TPSA) is 63.3 Å². The molecule has 0 saturated carbocycles. The molecule has 0 bridgehead atoms. The number of hydrogen-bond donors (Lipinski definition) is 2. The van der Waals surface area contributed by atoms with E-state index in [1.165, 1.54) is 0 Å². The number of phenols is 1. The van der Waals surface area contributed by atoms with Gasteiger partial charge in [-0.3, -0.25) is 4.79 Å². The minimum atomic E-state index is -0.200. The predicted octanol–water partition coefficient (Wildman–Crippen LogP) is 2.31. The number of aldehydes is 1. The number of phenolic OH excluding ortho intramolecular Hbond substituents is 1. The molecule has 1 aromatic rings. The van der Waals surface area contributed by atoms with Crippen LogP contribution in [0.15, 0.2) is 12.1 Å². The van der Waals surface area contributed by atoms with Crippen molar-refractivity contribution in [3.05, 3.63) is 28.8 Å². The molecule has 0 radical (unpaired) electrons. The van der Waals surface area contributed by atoms with Gasteiger partial charge in [-0.1, -0.05) is 19.4 Å². The normalized spacial score (nSPS) is 12.5. The van der Waals surface area contributed by atoms with Crippen LogP contribution in [-0.2, 0) is 0 Å². The van der Waals surface area contributed by atoms with Crippen molar-refractivity contribution in [2.75, 3.05) is 0 Å². The summed E-state index contributed by atoms with van der Waals surface area (Å²) in [6.45, 7) is 3.92. The first-order chi connectivity index (χ1) is 7.10. The maximum Gasteiger partial charge on any atom is 0.153 e. The van der Waals surface area contributed by atoms with Gasteiger partial charge in [-0.15, -0.1) is 0 Å². The average Bonchev–Trinajstić information content (AvgIpc) is 2.21. The quantitative estimate of drug-likeness (QED) is 0.745. The Labute approximate surface area is 89.9 Å². The third kappa shape index (κ3) is 2.57. The van der Waals surface area contributed by atoms with Gasteiger partial charge in [-0.05, 0) is 25.0 Å². The first kappa shape index (κ1) is 11.7. The maximum absolute atomic E-state index is 10.7. The van der Waals surface area contributed by atoms with Crippen molar-refractivity contribution in [3.8, 4) is 5.75 Å². The fraction of sp³-hybridized carbons (Fsp3) is 0.417. The van der Waals surface area contributed by atoms with E-state index >= 15 is 0 Å². The molecule has 1 rings (SSSR count). The molecule has 3 heteroatoms. The molecule has 0 heterocycles. The van der Waals surface area contributed by atoms with Crippen LogP contribution in [0, 0.1) is 6.92 Å². The maximum atomic E-state index is 10.7. The number of hydrogen-bond acceptors (Lipinski definition) is 3. The number of carbonyl (C=O) groups excluding carboxylic acids is 1. The summed E-state index contributed by atoms with van der Waals surface area (Å²) in [6.07, 6.45) is 2.41. The Balaban J connectivity index is 3.16. The van der Waals surface area contributed by atoms with Crippen LogP contribution >= 0.6 is 0 Å². The molecule has 3 nitrogen and oxygen atoms in total. The van der Waals surface area contributed by atoms with Crippen LogP contribution in [-0.4, -0.2) is 11.4 Å². The first-order valence-electron chi connectivity index (χ1n) is 5.14. The molecular formula is C12H17NO2. The number of benzene rings is 1. The second-order valence-corrected chi connectivity index (χ2v) is 3.81. The van der Waals surface area contributed by atoms with E-state index in [1.807, 2.05) is 19.9 Å². The van der Waals surface area contributed by atoms with Crippen LogP contribution in [0.25, 0.3) is 0 Å². The van der Waals surface area contributed by atoms with E-state index in [1.54, 1.807) is 6.07 Å². The van der Waals surface area contributed by atoms with Crippen molar-refractivity contribution < 1.29 is 9.90 Å². The Morgan fingerprint density at radius 2 is 2.20 bits per heavy atom. The average molecular weight is 207 g/mol. The zero-order chi connectivity index (χ0) is 11.4. The van der Waals surface area contributed by atoms with Crippen molar-refractivity contribution in [1.29, 1.82) is 0 Å². The molecule has 15 heavy (non-hydrogen) atoms. The lowest BCUT2D eigenvalue weighted by Gasteiger charge is -2.14. The van der Waals surface area contributed by atoms with Gasteiger partial charge in [0.2, 0.25) is 0 Å². The molecule has 0 fully saturated rings. The van der Waals surface area contributed by atoms with Gasteiger partial charge in [0.1, 0.15) is 5.75 Å².